The van der Waals surface area contributed by atoms with Crippen molar-refractivity contribution in [1.82, 2.24) is 5.32 Å². The molecule has 2 N–H and O–H groups in total. The van der Waals surface area contributed by atoms with Crippen molar-refractivity contribution in [2.45, 2.75) is 51.5 Å². The number of nitrogens with one attached hydrogen (secondary N) is 2. The van der Waals surface area contributed by atoms with Crippen LogP contribution in [0.4, 0.5) is 5.69 Å². The number of hydrogen-bond acceptors (Lipinski definition) is 3. The van der Waals surface area contributed by atoms with Crippen LogP contribution in [0.2, 0.25) is 0 Å². The minimum Gasteiger partial charge on any atom is -0.482 e. The van der Waals surface area contributed by atoms with Crippen molar-refractivity contribution in [3.8, 4) is 5.75 Å². The van der Waals surface area contributed by atoms with E-state index in [1.165, 1.54) is 38.5 Å². The Morgan fingerprint density at radius 3 is 2.50 bits per heavy atom. The van der Waals surface area contributed by atoms with E-state index in [4.69, 9.17) is 4.74 Å². The van der Waals surface area contributed by atoms with Crippen molar-refractivity contribution >= 4 is 17.5 Å². The molecule has 0 spiro atoms. The lowest BCUT2D eigenvalue weighted by Crippen LogP contribution is -2.55. The summed E-state index contributed by atoms with van der Waals surface area (Å²) < 4.78 is 5.44. The zero-order valence-corrected chi connectivity index (χ0v) is 15.2. The fourth-order valence-electron chi connectivity index (χ4n) is 6.36. The van der Waals surface area contributed by atoms with Gasteiger partial charge in [-0.25, -0.2) is 0 Å². The summed E-state index contributed by atoms with van der Waals surface area (Å²) in [5, 5.41) is 6.05. The van der Waals surface area contributed by atoms with Gasteiger partial charge in [-0.15, -0.1) is 0 Å². The summed E-state index contributed by atoms with van der Waals surface area (Å²) in [5.41, 5.74) is 1.52. The summed E-state index contributed by atoms with van der Waals surface area (Å²) in [4.78, 5) is 24.2. The van der Waals surface area contributed by atoms with Gasteiger partial charge in [-0.1, -0.05) is 0 Å². The zero-order valence-electron chi connectivity index (χ0n) is 15.2. The topological polar surface area (TPSA) is 67.4 Å². The summed E-state index contributed by atoms with van der Waals surface area (Å²) in [7, 11) is 0. The number of ether oxygens (including phenoxy) is 1. The van der Waals surface area contributed by atoms with E-state index in [0.717, 1.165) is 17.8 Å². The van der Waals surface area contributed by atoms with Crippen LogP contribution in [0.15, 0.2) is 18.2 Å². The van der Waals surface area contributed by atoms with Crippen LogP contribution in [0.5, 0.6) is 5.75 Å². The van der Waals surface area contributed by atoms with Gasteiger partial charge in [0, 0.05) is 11.6 Å². The molecule has 1 atom stereocenters. The Balaban J connectivity index is 1.32. The van der Waals surface area contributed by atoms with Gasteiger partial charge in [-0.2, -0.15) is 0 Å². The van der Waals surface area contributed by atoms with Gasteiger partial charge in [0.25, 0.3) is 11.8 Å². The molecule has 4 aliphatic carbocycles. The molecular weight excluding hydrogens is 328 g/mol. The average molecular weight is 354 g/mol. The Hall–Kier alpha value is -2.04. The monoisotopic (exact) mass is 354 g/mol. The minimum atomic E-state index is -0.162. The molecule has 138 valence electrons. The van der Waals surface area contributed by atoms with E-state index in [9.17, 15) is 9.59 Å². The number of hydrogen-bond donors (Lipinski definition) is 2. The predicted molar refractivity (Wildman–Crippen MR) is 98.1 cm³/mol. The van der Waals surface area contributed by atoms with Crippen LogP contribution < -0.4 is 15.4 Å². The molecule has 0 aromatic heterocycles. The molecule has 4 saturated carbocycles. The first-order valence-corrected chi connectivity index (χ1v) is 9.88. The van der Waals surface area contributed by atoms with Crippen LogP contribution in [-0.4, -0.2) is 24.5 Å². The molecule has 0 radical (unpaired) electrons. The number of carbonyl (C=O) groups excluding carboxylic acids is 2. The van der Waals surface area contributed by atoms with Crippen LogP contribution in [0, 0.1) is 23.2 Å². The second kappa shape index (κ2) is 5.73. The first-order chi connectivity index (χ1) is 12.5. The standard InChI is InChI=1S/C21H26N2O3/c1-12(21-8-13-4-14(9-21)6-15(5-13)10-21)22-20(25)16-2-3-17-18(7-16)26-11-19(24)23-17/h2-3,7,12-15H,4-6,8-11H2,1H3,(H,22,25)(H,23,24). The average Bonchev–Trinajstić information content (AvgIpc) is 2.60. The number of rotatable bonds is 3. The molecule has 6 rings (SSSR count). The molecule has 4 fully saturated rings. The number of anilines is 1. The molecule has 1 aliphatic heterocycles. The quantitative estimate of drug-likeness (QED) is 0.875. The third-order valence-electron chi connectivity index (χ3n) is 7.23. The lowest BCUT2D eigenvalue weighted by atomic mass is 9.48. The smallest absolute Gasteiger partial charge is 0.262 e. The van der Waals surface area contributed by atoms with Crippen LogP contribution in [0.25, 0.3) is 0 Å². The highest BCUT2D eigenvalue weighted by atomic mass is 16.5. The molecule has 5 nitrogen and oxygen atoms in total. The highest BCUT2D eigenvalue weighted by Crippen LogP contribution is 2.61. The van der Waals surface area contributed by atoms with E-state index in [2.05, 4.69) is 17.6 Å². The Labute approximate surface area is 153 Å². The summed E-state index contributed by atoms with van der Waals surface area (Å²) in [6, 6.07) is 5.43. The Kier molecular flexibility index (Phi) is 3.56. The zero-order chi connectivity index (χ0) is 17.9. The second-order valence-corrected chi connectivity index (χ2v) is 9.02. The van der Waals surface area contributed by atoms with Crippen LogP contribution in [-0.2, 0) is 4.79 Å². The largest absolute Gasteiger partial charge is 0.482 e. The van der Waals surface area contributed by atoms with Gasteiger partial charge in [0.15, 0.2) is 6.61 Å². The summed E-state index contributed by atoms with van der Waals surface area (Å²) in [5.74, 6) is 2.99. The highest BCUT2D eigenvalue weighted by molar-refractivity contribution is 5.99. The van der Waals surface area contributed by atoms with Crippen molar-refractivity contribution in [1.29, 1.82) is 0 Å². The molecule has 1 aromatic rings. The fourth-order valence-corrected chi connectivity index (χ4v) is 6.36. The molecule has 0 saturated heterocycles. The van der Waals surface area contributed by atoms with E-state index in [-0.39, 0.29) is 24.5 Å². The molecule has 1 aromatic carbocycles. The van der Waals surface area contributed by atoms with Gasteiger partial charge in [0.1, 0.15) is 5.75 Å². The van der Waals surface area contributed by atoms with E-state index >= 15 is 0 Å². The van der Waals surface area contributed by atoms with Crippen molar-refractivity contribution in [3.63, 3.8) is 0 Å². The van der Waals surface area contributed by atoms with Gasteiger partial charge in [0.2, 0.25) is 0 Å². The maximum atomic E-state index is 12.8. The maximum absolute atomic E-state index is 12.8. The van der Waals surface area contributed by atoms with E-state index in [1.54, 1.807) is 18.2 Å². The van der Waals surface area contributed by atoms with Crippen molar-refractivity contribution in [2.75, 3.05) is 11.9 Å². The highest BCUT2D eigenvalue weighted by Gasteiger charge is 2.53. The van der Waals surface area contributed by atoms with Gasteiger partial charge in [-0.05, 0) is 86.8 Å². The summed E-state index contributed by atoms with van der Waals surface area (Å²) in [6.07, 6.45) is 8.06. The molecule has 4 bridgehead atoms. The van der Waals surface area contributed by atoms with Crippen molar-refractivity contribution in [2.24, 2.45) is 23.2 Å². The molecular formula is C21H26N2O3. The van der Waals surface area contributed by atoms with E-state index in [0.29, 0.717) is 22.4 Å². The SMILES string of the molecule is CC(NC(=O)c1ccc2c(c1)OCC(=O)N2)C12CC3CC(CC(C3)C1)C2. The van der Waals surface area contributed by atoms with Crippen LogP contribution in [0.3, 0.4) is 0 Å². The lowest BCUT2D eigenvalue weighted by molar-refractivity contribution is -0.118. The van der Waals surface area contributed by atoms with Gasteiger partial charge >= 0.3 is 0 Å². The van der Waals surface area contributed by atoms with E-state index < -0.39 is 0 Å². The Morgan fingerprint density at radius 1 is 1.19 bits per heavy atom. The van der Waals surface area contributed by atoms with Gasteiger partial charge < -0.3 is 15.4 Å². The first-order valence-electron chi connectivity index (χ1n) is 9.88. The summed E-state index contributed by atoms with van der Waals surface area (Å²) >= 11 is 0. The maximum Gasteiger partial charge on any atom is 0.262 e. The van der Waals surface area contributed by atoms with Gasteiger partial charge in [-0.3, -0.25) is 9.59 Å². The number of benzene rings is 1. The lowest BCUT2D eigenvalue weighted by Gasteiger charge is -2.59. The molecule has 5 aliphatic rings. The number of carbonyl (C=O) groups is 2. The third-order valence-corrected chi connectivity index (χ3v) is 7.23. The Morgan fingerprint density at radius 2 is 1.85 bits per heavy atom. The molecule has 5 heteroatoms. The van der Waals surface area contributed by atoms with Crippen LogP contribution in [0.1, 0.15) is 55.8 Å². The summed E-state index contributed by atoms with van der Waals surface area (Å²) in [6.45, 7) is 2.20. The predicted octanol–water partition coefficient (Wildman–Crippen LogP) is 3.35. The molecule has 2 amide bonds. The third kappa shape index (κ3) is 2.60. The van der Waals surface area contributed by atoms with Crippen LogP contribution >= 0.6 is 0 Å². The first kappa shape index (κ1) is 16.2. The van der Waals surface area contributed by atoms with Gasteiger partial charge in [0.05, 0.1) is 5.69 Å². The van der Waals surface area contributed by atoms with Crippen molar-refractivity contribution < 1.29 is 14.3 Å². The molecule has 26 heavy (non-hydrogen) atoms. The van der Waals surface area contributed by atoms with Crippen molar-refractivity contribution in [3.05, 3.63) is 23.8 Å². The number of fused-ring (bicyclic) bond motifs is 1. The minimum absolute atomic E-state index is 0.00174. The molecule has 1 unspecified atom stereocenters. The second-order valence-electron chi connectivity index (χ2n) is 9.02. The molecule has 1 heterocycles. The normalized spacial score (nSPS) is 35.3. The van der Waals surface area contributed by atoms with E-state index in [1.807, 2.05) is 0 Å². The fraction of sp³-hybridized carbons (Fsp3) is 0.619. The Bertz CT molecular complexity index is 737. The number of amides is 2.